The van der Waals surface area contributed by atoms with Gasteiger partial charge >= 0.3 is 0 Å². The highest BCUT2D eigenvalue weighted by Gasteiger charge is 2.20. The van der Waals surface area contributed by atoms with Crippen molar-refractivity contribution in [2.24, 2.45) is 4.99 Å². The molecule has 0 bridgehead atoms. The molecule has 0 radical (unpaired) electrons. The Hall–Kier alpha value is -2.69. The first kappa shape index (κ1) is 19.6. The number of aryl methyl sites for hydroxylation is 1. The zero-order valence-corrected chi connectivity index (χ0v) is 17.0. The van der Waals surface area contributed by atoms with E-state index in [1.165, 1.54) is 16.9 Å². The summed E-state index contributed by atoms with van der Waals surface area (Å²) in [5.74, 6) is 0.623. The molecular formula is C22H23N3O3S. The van der Waals surface area contributed by atoms with Gasteiger partial charge in [0.05, 0.1) is 18.8 Å². The first-order chi connectivity index (χ1) is 14.2. The van der Waals surface area contributed by atoms with Crippen LogP contribution in [0.4, 0.5) is 5.00 Å². The lowest BCUT2D eigenvalue weighted by Crippen LogP contribution is -2.42. The molecule has 6 nitrogen and oxygen atoms in total. The van der Waals surface area contributed by atoms with Crippen molar-refractivity contribution in [3.63, 3.8) is 0 Å². The standard InChI is InChI=1S/C22H23N3O3S/c23-13-19-18-3-1-2-4-20(18)29-22(19)24-14-16-5-7-17(8-6-16)28-15-21(26)25-9-11-27-12-10-25/h5-8,14H,1-4,9-12,15H2. The molecule has 150 valence electrons. The number of hydrogen-bond acceptors (Lipinski definition) is 6. The Bertz CT molecular complexity index is 937. The number of benzene rings is 1. The van der Waals surface area contributed by atoms with Gasteiger partial charge in [-0.05, 0) is 61.1 Å². The number of carbonyl (C=O) groups is 1. The van der Waals surface area contributed by atoms with Gasteiger partial charge in [0.1, 0.15) is 16.8 Å². The first-order valence-electron chi connectivity index (χ1n) is 9.91. The highest BCUT2D eigenvalue weighted by atomic mass is 32.1. The van der Waals surface area contributed by atoms with E-state index >= 15 is 0 Å². The highest BCUT2D eigenvalue weighted by molar-refractivity contribution is 7.16. The molecule has 2 aliphatic rings. The van der Waals surface area contributed by atoms with E-state index in [4.69, 9.17) is 9.47 Å². The maximum Gasteiger partial charge on any atom is 0.260 e. The lowest BCUT2D eigenvalue weighted by Gasteiger charge is -2.26. The number of hydrogen-bond donors (Lipinski definition) is 0. The Morgan fingerprint density at radius 2 is 2.00 bits per heavy atom. The summed E-state index contributed by atoms with van der Waals surface area (Å²) in [6, 6.07) is 9.80. The van der Waals surface area contributed by atoms with E-state index in [-0.39, 0.29) is 12.5 Å². The summed E-state index contributed by atoms with van der Waals surface area (Å²) in [4.78, 5) is 19.8. The van der Waals surface area contributed by atoms with Gasteiger partial charge in [0.2, 0.25) is 0 Å². The van der Waals surface area contributed by atoms with Crippen LogP contribution in [0.1, 0.15) is 34.4 Å². The summed E-state index contributed by atoms with van der Waals surface area (Å²) in [7, 11) is 0. The van der Waals surface area contributed by atoms with Crippen LogP contribution in [0.3, 0.4) is 0 Å². The highest BCUT2D eigenvalue weighted by Crippen LogP contribution is 2.39. The van der Waals surface area contributed by atoms with Gasteiger partial charge < -0.3 is 14.4 Å². The number of fused-ring (bicyclic) bond motifs is 1. The summed E-state index contributed by atoms with van der Waals surface area (Å²) in [6.45, 7) is 2.43. The van der Waals surface area contributed by atoms with Gasteiger partial charge in [0.25, 0.3) is 5.91 Å². The van der Waals surface area contributed by atoms with Crippen LogP contribution in [0.2, 0.25) is 0 Å². The molecule has 0 spiro atoms. The molecule has 0 saturated carbocycles. The Balaban J connectivity index is 1.37. The second kappa shape index (κ2) is 9.21. The average Bonchev–Trinajstić information content (AvgIpc) is 3.15. The van der Waals surface area contributed by atoms with Crippen LogP contribution in [-0.4, -0.2) is 49.9 Å². The molecule has 0 unspecified atom stereocenters. The fourth-order valence-corrected chi connectivity index (χ4v) is 4.77. The van der Waals surface area contributed by atoms with Gasteiger partial charge in [-0.15, -0.1) is 11.3 Å². The molecule has 1 fully saturated rings. The van der Waals surface area contributed by atoms with Crippen LogP contribution in [0.25, 0.3) is 0 Å². The molecule has 0 atom stereocenters. The van der Waals surface area contributed by atoms with Crippen molar-refractivity contribution < 1.29 is 14.3 Å². The van der Waals surface area contributed by atoms with Crippen molar-refractivity contribution in [3.05, 3.63) is 45.8 Å². The molecule has 29 heavy (non-hydrogen) atoms. The number of nitrogens with zero attached hydrogens (tertiary/aromatic N) is 3. The van der Waals surface area contributed by atoms with Gasteiger partial charge in [0, 0.05) is 24.2 Å². The Labute approximate surface area is 174 Å². The Kier molecular flexibility index (Phi) is 6.23. The smallest absolute Gasteiger partial charge is 0.260 e. The van der Waals surface area contributed by atoms with E-state index in [0.717, 1.165) is 35.4 Å². The molecule has 0 N–H and O–H groups in total. The van der Waals surface area contributed by atoms with Crippen molar-refractivity contribution in [2.45, 2.75) is 25.7 Å². The molecule has 1 aliphatic heterocycles. The second-order valence-electron chi connectivity index (χ2n) is 7.11. The SMILES string of the molecule is N#Cc1c(N=Cc2ccc(OCC(=O)N3CCOCC3)cc2)sc2c1CCCC2. The predicted octanol–water partition coefficient (Wildman–Crippen LogP) is 3.49. The van der Waals surface area contributed by atoms with E-state index in [1.807, 2.05) is 24.3 Å². The molecule has 7 heteroatoms. The summed E-state index contributed by atoms with van der Waals surface area (Å²) in [5, 5.41) is 10.3. The van der Waals surface area contributed by atoms with Gasteiger partial charge in [-0.25, -0.2) is 4.99 Å². The average molecular weight is 410 g/mol. The third kappa shape index (κ3) is 4.66. The van der Waals surface area contributed by atoms with Crippen LogP contribution in [0.15, 0.2) is 29.3 Å². The normalized spacial score (nSPS) is 16.4. The van der Waals surface area contributed by atoms with Crippen molar-refractivity contribution in [1.29, 1.82) is 5.26 Å². The number of nitriles is 1. The molecule has 1 aromatic heterocycles. The van der Waals surface area contributed by atoms with Gasteiger partial charge in [0.15, 0.2) is 6.61 Å². The van der Waals surface area contributed by atoms with Gasteiger partial charge in [-0.2, -0.15) is 5.26 Å². The molecular weight excluding hydrogens is 386 g/mol. The van der Waals surface area contributed by atoms with Crippen LogP contribution in [0, 0.1) is 11.3 Å². The quantitative estimate of drug-likeness (QED) is 0.709. The largest absolute Gasteiger partial charge is 0.484 e. The maximum atomic E-state index is 12.1. The van der Waals surface area contributed by atoms with Crippen molar-refractivity contribution in [1.82, 2.24) is 4.90 Å². The topological polar surface area (TPSA) is 74.9 Å². The van der Waals surface area contributed by atoms with E-state index in [1.54, 1.807) is 22.5 Å². The number of aliphatic imine (C=N–C) groups is 1. The first-order valence-corrected chi connectivity index (χ1v) is 10.7. The molecule has 1 aromatic carbocycles. The fraction of sp³-hybridized carbons (Fsp3) is 0.409. The van der Waals surface area contributed by atoms with E-state index < -0.39 is 0 Å². The number of amides is 1. The minimum absolute atomic E-state index is 0.0235. The zero-order chi connectivity index (χ0) is 20.1. The molecule has 2 aromatic rings. The summed E-state index contributed by atoms with van der Waals surface area (Å²) < 4.78 is 10.9. The number of carbonyl (C=O) groups excluding carboxylic acids is 1. The zero-order valence-electron chi connectivity index (χ0n) is 16.2. The molecule has 1 saturated heterocycles. The van der Waals surface area contributed by atoms with Gasteiger partial charge in [-0.1, -0.05) is 0 Å². The van der Waals surface area contributed by atoms with E-state index in [0.29, 0.717) is 32.1 Å². The second-order valence-corrected chi connectivity index (χ2v) is 8.20. The predicted molar refractivity (Wildman–Crippen MR) is 112 cm³/mol. The summed E-state index contributed by atoms with van der Waals surface area (Å²) in [6.07, 6.45) is 6.16. The van der Waals surface area contributed by atoms with Gasteiger partial charge in [-0.3, -0.25) is 4.79 Å². The van der Waals surface area contributed by atoms with E-state index in [2.05, 4.69) is 11.1 Å². The monoisotopic (exact) mass is 409 g/mol. The summed E-state index contributed by atoms with van der Waals surface area (Å²) >= 11 is 1.64. The van der Waals surface area contributed by atoms with Crippen molar-refractivity contribution in [2.75, 3.05) is 32.9 Å². The molecule has 1 amide bonds. The third-order valence-corrected chi connectivity index (χ3v) is 6.40. The van der Waals surface area contributed by atoms with Crippen LogP contribution >= 0.6 is 11.3 Å². The molecule has 2 heterocycles. The summed E-state index contributed by atoms with van der Waals surface area (Å²) in [5.41, 5.74) is 2.86. The third-order valence-electron chi connectivity index (χ3n) is 5.20. The number of morpholine rings is 1. The molecule has 1 aliphatic carbocycles. The van der Waals surface area contributed by atoms with Crippen molar-refractivity contribution >= 4 is 28.5 Å². The van der Waals surface area contributed by atoms with Crippen molar-refractivity contribution in [3.8, 4) is 11.8 Å². The van der Waals surface area contributed by atoms with Crippen LogP contribution < -0.4 is 4.74 Å². The number of ether oxygens (including phenoxy) is 2. The van der Waals surface area contributed by atoms with Crippen LogP contribution in [0.5, 0.6) is 5.75 Å². The lowest BCUT2D eigenvalue weighted by atomic mass is 9.96. The minimum Gasteiger partial charge on any atom is -0.484 e. The number of rotatable bonds is 5. The lowest BCUT2D eigenvalue weighted by molar-refractivity contribution is -0.137. The van der Waals surface area contributed by atoms with E-state index in [9.17, 15) is 10.1 Å². The maximum absolute atomic E-state index is 12.1. The van der Waals surface area contributed by atoms with Crippen LogP contribution in [-0.2, 0) is 22.4 Å². The number of thiophene rings is 1. The fourth-order valence-electron chi connectivity index (χ4n) is 3.59. The minimum atomic E-state index is -0.0235. The molecule has 4 rings (SSSR count). The Morgan fingerprint density at radius 1 is 1.24 bits per heavy atom. The Morgan fingerprint density at radius 3 is 2.76 bits per heavy atom.